The van der Waals surface area contributed by atoms with Crippen LogP contribution in [-0.4, -0.2) is 28.9 Å². The number of carbonyl (C=O) groups excluding carboxylic acids is 1. The molecule has 1 amide bonds. The van der Waals surface area contributed by atoms with Gasteiger partial charge in [0.2, 0.25) is 6.79 Å². The summed E-state index contributed by atoms with van der Waals surface area (Å²) >= 11 is 0. The van der Waals surface area contributed by atoms with Crippen molar-refractivity contribution in [1.82, 2.24) is 5.43 Å². The minimum Gasteiger partial charge on any atom is -0.508 e. The monoisotopic (exact) mass is 329 g/mol. The Morgan fingerprint density at radius 3 is 2.75 bits per heavy atom. The van der Waals surface area contributed by atoms with Crippen molar-refractivity contribution in [2.45, 2.75) is 0 Å². The molecule has 1 aliphatic heterocycles. The molecular weight excluding hydrogens is 318 g/mol. The Hall–Kier alpha value is -3.62. The fourth-order valence-electron chi connectivity index (χ4n) is 2.08. The molecule has 0 aliphatic carbocycles. The maximum absolute atomic E-state index is 11.9. The number of benzene rings is 2. The molecule has 3 rings (SSSR count). The zero-order chi connectivity index (χ0) is 17.1. The summed E-state index contributed by atoms with van der Waals surface area (Å²) < 4.78 is 10.3. The zero-order valence-corrected chi connectivity index (χ0v) is 12.1. The van der Waals surface area contributed by atoms with Gasteiger partial charge >= 0.3 is 0 Å². The van der Waals surface area contributed by atoms with Crippen LogP contribution in [0.1, 0.15) is 15.9 Å². The molecule has 2 aromatic rings. The van der Waals surface area contributed by atoms with Crippen LogP contribution in [0.2, 0.25) is 0 Å². The number of phenolic OH excluding ortho intramolecular Hbond substituents is 1. The Bertz CT molecular complexity index is 849. The first kappa shape index (κ1) is 15.3. The predicted molar refractivity (Wildman–Crippen MR) is 82.4 cm³/mol. The van der Waals surface area contributed by atoms with Crippen molar-refractivity contribution in [2.75, 3.05) is 6.79 Å². The molecule has 0 bridgehead atoms. The van der Waals surface area contributed by atoms with Gasteiger partial charge < -0.3 is 14.6 Å². The fraction of sp³-hybridized carbons (Fsp3) is 0.0667. The van der Waals surface area contributed by atoms with Crippen LogP contribution < -0.4 is 14.9 Å². The summed E-state index contributed by atoms with van der Waals surface area (Å²) in [5.41, 5.74) is 2.36. The molecule has 0 aromatic heterocycles. The van der Waals surface area contributed by atoms with Crippen LogP contribution in [-0.2, 0) is 0 Å². The molecule has 9 heteroatoms. The van der Waals surface area contributed by atoms with Gasteiger partial charge in [0.25, 0.3) is 11.6 Å². The summed E-state index contributed by atoms with van der Waals surface area (Å²) in [6, 6.07) is 8.35. The van der Waals surface area contributed by atoms with Crippen LogP contribution in [0.3, 0.4) is 0 Å². The quantitative estimate of drug-likeness (QED) is 0.501. The van der Waals surface area contributed by atoms with E-state index in [0.717, 1.165) is 6.21 Å². The second-order valence-electron chi connectivity index (χ2n) is 4.77. The summed E-state index contributed by atoms with van der Waals surface area (Å²) in [6.45, 7) is -0.0126. The molecule has 9 nitrogen and oxygen atoms in total. The highest BCUT2D eigenvalue weighted by Gasteiger charge is 2.22. The lowest BCUT2D eigenvalue weighted by molar-refractivity contribution is -0.385. The van der Waals surface area contributed by atoms with Crippen LogP contribution in [0.15, 0.2) is 41.5 Å². The lowest BCUT2D eigenvalue weighted by Crippen LogP contribution is -2.17. The number of carbonyl (C=O) groups is 1. The summed E-state index contributed by atoms with van der Waals surface area (Å²) in [6.07, 6.45) is 1.14. The number of amides is 1. The number of phenols is 1. The third-order valence-electron chi connectivity index (χ3n) is 3.20. The number of nitrogens with zero attached hydrogens (tertiary/aromatic N) is 2. The van der Waals surface area contributed by atoms with Gasteiger partial charge in [0, 0.05) is 5.56 Å². The number of hydrazone groups is 1. The van der Waals surface area contributed by atoms with Crippen LogP contribution in [0.25, 0.3) is 0 Å². The van der Waals surface area contributed by atoms with E-state index in [2.05, 4.69) is 10.5 Å². The zero-order valence-electron chi connectivity index (χ0n) is 12.1. The normalized spacial score (nSPS) is 12.3. The number of hydrogen-bond acceptors (Lipinski definition) is 7. The van der Waals surface area contributed by atoms with Crippen LogP contribution in [0.4, 0.5) is 5.69 Å². The number of nitrogens with one attached hydrogen (secondary N) is 1. The Balaban J connectivity index is 1.79. The molecule has 0 radical (unpaired) electrons. The van der Waals surface area contributed by atoms with E-state index in [0.29, 0.717) is 5.75 Å². The third kappa shape index (κ3) is 3.09. The number of nitro benzene ring substituents is 1. The molecule has 1 aliphatic rings. The van der Waals surface area contributed by atoms with Crippen molar-refractivity contribution in [2.24, 2.45) is 5.10 Å². The molecule has 0 unspecified atom stereocenters. The third-order valence-corrected chi connectivity index (χ3v) is 3.20. The molecule has 0 spiro atoms. The van der Waals surface area contributed by atoms with Gasteiger partial charge in [-0.05, 0) is 24.3 Å². The standard InChI is InChI=1S/C15H11N3O6/c19-11-3-1-2-9(4-11)15(20)17-16-7-10-5-13-14(24-8-23-13)6-12(10)18(21)22/h1-7,19H,8H2,(H,17,20)/b16-7-. The molecular formula is C15H11N3O6. The molecule has 0 atom stereocenters. The molecule has 0 saturated carbocycles. The van der Waals surface area contributed by atoms with Crippen molar-refractivity contribution in [3.05, 3.63) is 57.6 Å². The molecule has 1 heterocycles. The first-order valence-corrected chi connectivity index (χ1v) is 6.75. The van der Waals surface area contributed by atoms with Gasteiger partial charge in [-0.15, -0.1) is 0 Å². The average Bonchev–Trinajstić information content (AvgIpc) is 3.01. The highest BCUT2D eigenvalue weighted by atomic mass is 16.7. The molecule has 122 valence electrons. The van der Waals surface area contributed by atoms with E-state index in [-0.39, 0.29) is 35.1 Å². The maximum Gasteiger partial charge on any atom is 0.282 e. The minimum absolute atomic E-state index is 0.0126. The highest BCUT2D eigenvalue weighted by molar-refractivity contribution is 5.95. The number of hydrogen-bond donors (Lipinski definition) is 2. The summed E-state index contributed by atoms with van der Waals surface area (Å²) in [5, 5.41) is 24.2. The molecule has 24 heavy (non-hydrogen) atoms. The van der Waals surface area contributed by atoms with Crippen LogP contribution in [0, 0.1) is 10.1 Å². The molecule has 2 aromatic carbocycles. The fourth-order valence-corrected chi connectivity index (χ4v) is 2.08. The number of ether oxygens (including phenoxy) is 2. The van der Waals surface area contributed by atoms with Crippen molar-refractivity contribution in [3.8, 4) is 17.2 Å². The number of aromatic hydroxyl groups is 1. The first-order valence-electron chi connectivity index (χ1n) is 6.75. The number of rotatable bonds is 4. The van der Waals surface area contributed by atoms with Gasteiger partial charge in [-0.3, -0.25) is 14.9 Å². The maximum atomic E-state index is 11.9. The van der Waals surface area contributed by atoms with Gasteiger partial charge in [0.05, 0.1) is 22.8 Å². The van der Waals surface area contributed by atoms with Crippen molar-refractivity contribution >= 4 is 17.8 Å². The largest absolute Gasteiger partial charge is 0.508 e. The molecule has 0 fully saturated rings. The second kappa shape index (κ2) is 6.24. The van der Waals surface area contributed by atoms with E-state index in [1.165, 1.54) is 36.4 Å². The van der Waals surface area contributed by atoms with E-state index >= 15 is 0 Å². The van der Waals surface area contributed by atoms with Crippen molar-refractivity contribution < 1.29 is 24.3 Å². The Kier molecular flexibility index (Phi) is 3.98. The Morgan fingerprint density at radius 2 is 2.04 bits per heavy atom. The van der Waals surface area contributed by atoms with Gasteiger partial charge in [0.15, 0.2) is 11.5 Å². The van der Waals surface area contributed by atoms with E-state index in [4.69, 9.17) is 9.47 Å². The van der Waals surface area contributed by atoms with Crippen LogP contribution in [0.5, 0.6) is 17.2 Å². The molecule has 0 saturated heterocycles. The van der Waals surface area contributed by atoms with E-state index in [1.54, 1.807) is 0 Å². The summed E-state index contributed by atoms with van der Waals surface area (Å²) in [5.74, 6) is 0.0209. The number of nitro groups is 1. The topological polar surface area (TPSA) is 123 Å². The number of fused-ring (bicyclic) bond motifs is 1. The summed E-state index contributed by atoms with van der Waals surface area (Å²) in [7, 11) is 0. The van der Waals surface area contributed by atoms with Gasteiger partial charge in [-0.2, -0.15) is 5.10 Å². The van der Waals surface area contributed by atoms with Gasteiger partial charge in [0.1, 0.15) is 5.75 Å². The van der Waals surface area contributed by atoms with Crippen molar-refractivity contribution in [3.63, 3.8) is 0 Å². The Morgan fingerprint density at radius 1 is 1.29 bits per heavy atom. The highest BCUT2D eigenvalue weighted by Crippen LogP contribution is 2.37. The minimum atomic E-state index is -0.583. The summed E-state index contributed by atoms with van der Waals surface area (Å²) in [4.78, 5) is 22.4. The Labute approximate surface area is 135 Å². The molecule has 2 N–H and O–H groups in total. The van der Waals surface area contributed by atoms with Crippen molar-refractivity contribution in [1.29, 1.82) is 0 Å². The smallest absolute Gasteiger partial charge is 0.282 e. The lowest BCUT2D eigenvalue weighted by Gasteiger charge is -2.02. The second-order valence-corrected chi connectivity index (χ2v) is 4.77. The van der Waals surface area contributed by atoms with Gasteiger partial charge in [-0.25, -0.2) is 5.43 Å². The first-order chi connectivity index (χ1) is 11.5. The van der Waals surface area contributed by atoms with E-state index in [1.807, 2.05) is 0 Å². The van der Waals surface area contributed by atoms with Gasteiger partial charge in [-0.1, -0.05) is 6.07 Å². The lowest BCUT2D eigenvalue weighted by atomic mass is 10.1. The van der Waals surface area contributed by atoms with Crippen LogP contribution >= 0.6 is 0 Å². The van der Waals surface area contributed by atoms with E-state index < -0.39 is 10.8 Å². The predicted octanol–water partition coefficient (Wildman–Crippen LogP) is 1.79. The average molecular weight is 329 g/mol. The van der Waals surface area contributed by atoms with E-state index in [9.17, 15) is 20.0 Å². The SMILES string of the molecule is O=C(N/N=C\c1cc2c(cc1[N+](=O)[O-])OCO2)c1cccc(O)c1.